The lowest BCUT2D eigenvalue weighted by atomic mass is 10.1. The third kappa shape index (κ3) is 2.46. The van der Waals surface area contributed by atoms with Gasteiger partial charge in [-0.25, -0.2) is 0 Å². The Hall–Kier alpha value is -1.43. The molecule has 0 atom stereocenters. The highest BCUT2D eigenvalue weighted by Gasteiger charge is 2.25. The van der Waals surface area contributed by atoms with Crippen molar-refractivity contribution in [3.8, 4) is 0 Å². The van der Waals surface area contributed by atoms with Gasteiger partial charge in [-0.2, -0.15) is 0 Å². The molecule has 0 fully saturated rings. The SMILES string of the molecule is CC(C)(NCc1nnc2n1CCCC2)C(N)=O. The Morgan fingerprint density at radius 3 is 2.94 bits per heavy atom. The van der Waals surface area contributed by atoms with Crippen LogP contribution in [0.4, 0.5) is 0 Å². The molecule has 0 saturated carbocycles. The van der Waals surface area contributed by atoms with E-state index in [2.05, 4.69) is 20.1 Å². The van der Waals surface area contributed by atoms with Gasteiger partial charge in [-0.15, -0.1) is 10.2 Å². The number of aryl methyl sites for hydroxylation is 1. The van der Waals surface area contributed by atoms with E-state index in [1.807, 2.05) is 0 Å². The molecule has 3 N–H and O–H groups in total. The number of hydrogen-bond donors (Lipinski definition) is 2. The lowest BCUT2D eigenvalue weighted by Gasteiger charge is -2.22. The van der Waals surface area contributed by atoms with E-state index in [9.17, 15) is 4.79 Å². The van der Waals surface area contributed by atoms with Gasteiger partial charge in [-0.3, -0.25) is 10.1 Å². The molecule has 6 heteroatoms. The van der Waals surface area contributed by atoms with Crippen LogP contribution in [0.3, 0.4) is 0 Å². The molecule has 1 aliphatic rings. The molecule has 2 rings (SSSR count). The van der Waals surface area contributed by atoms with Gasteiger partial charge < -0.3 is 10.3 Å². The summed E-state index contributed by atoms with van der Waals surface area (Å²) in [4.78, 5) is 11.2. The van der Waals surface area contributed by atoms with E-state index < -0.39 is 5.54 Å². The first-order valence-corrected chi connectivity index (χ1v) is 5.96. The van der Waals surface area contributed by atoms with Gasteiger partial charge in [0.25, 0.3) is 0 Å². The van der Waals surface area contributed by atoms with Gasteiger partial charge in [0.15, 0.2) is 0 Å². The van der Waals surface area contributed by atoms with E-state index in [1.165, 1.54) is 6.42 Å². The topological polar surface area (TPSA) is 85.8 Å². The number of primary amides is 1. The van der Waals surface area contributed by atoms with Crippen molar-refractivity contribution in [2.24, 2.45) is 5.73 Å². The monoisotopic (exact) mass is 237 g/mol. The Morgan fingerprint density at radius 1 is 1.47 bits per heavy atom. The molecular weight excluding hydrogens is 218 g/mol. The zero-order valence-electron chi connectivity index (χ0n) is 10.4. The second kappa shape index (κ2) is 4.44. The van der Waals surface area contributed by atoms with Crippen LogP contribution in [-0.4, -0.2) is 26.2 Å². The highest BCUT2D eigenvalue weighted by atomic mass is 16.1. The second-order valence-electron chi connectivity index (χ2n) is 4.98. The minimum absolute atomic E-state index is 0.365. The second-order valence-corrected chi connectivity index (χ2v) is 4.98. The Morgan fingerprint density at radius 2 is 2.24 bits per heavy atom. The van der Waals surface area contributed by atoms with Crippen molar-refractivity contribution in [3.05, 3.63) is 11.6 Å². The molecule has 1 aromatic heterocycles. The summed E-state index contributed by atoms with van der Waals surface area (Å²) in [6.07, 6.45) is 3.34. The average Bonchev–Trinajstić information content (AvgIpc) is 2.69. The van der Waals surface area contributed by atoms with Crippen molar-refractivity contribution in [1.82, 2.24) is 20.1 Å². The van der Waals surface area contributed by atoms with Crippen molar-refractivity contribution in [2.75, 3.05) is 0 Å². The molecule has 6 nitrogen and oxygen atoms in total. The van der Waals surface area contributed by atoms with E-state index in [4.69, 9.17) is 5.73 Å². The highest BCUT2D eigenvalue weighted by Crippen LogP contribution is 2.14. The lowest BCUT2D eigenvalue weighted by Crippen LogP contribution is -2.50. The maximum Gasteiger partial charge on any atom is 0.237 e. The van der Waals surface area contributed by atoms with Crippen molar-refractivity contribution < 1.29 is 4.79 Å². The van der Waals surface area contributed by atoms with Crippen LogP contribution in [0.1, 0.15) is 38.3 Å². The first-order chi connectivity index (χ1) is 8.00. The molecule has 0 unspecified atom stereocenters. The Balaban J connectivity index is 2.05. The predicted molar refractivity (Wildman–Crippen MR) is 63.1 cm³/mol. The summed E-state index contributed by atoms with van der Waals surface area (Å²) >= 11 is 0. The predicted octanol–water partition coefficient (Wildman–Crippen LogP) is -0.0321. The Labute approximate surface area is 101 Å². The maximum atomic E-state index is 11.2. The summed E-state index contributed by atoms with van der Waals surface area (Å²) in [5, 5.41) is 11.4. The highest BCUT2D eigenvalue weighted by molar-refractivity contribution is 5.83. The van der Waals surface area contributed by atoms with Crippen molar-refractivity contribution in [1.29, 1.82) is 0 Å². The van der Waals surface area contributed by atoms with Gasteiger partial charge in [0, 0.05) is 13.0 Å². The first-order valence-electron chi connectivity index (χ1n) is 5.96. The summed E-state index contributed by atoms with van der Waals surface area (Å²) in [5.41, 5.74) is 4.58. The number of fused-ring (bicyclic) bond motifs is 1. The molecule has 94 valence electrons. The number of nitrogens with zero attached hydrogens (tertiary/aromatic N) is 3. The largest absolute Gasteiger partial charge is 0.368 e. The van der Waals surface area contributed by atoms with E-state index in [-0.39, 0.29) is 5.91 Å². The van der Waals surface area contributed by atoms with Gasteiger partial charge in [0.1, 0.15) is 11.6 Å². The number of carbonyl (C=O) groups excluding carboxylic acids is 1. The number of hydrogen-bond acceptors (Lipinski definition) is 4. The summed E-state index contributed by atoms with van der Waals surface area (Å²) in [6.45, 7) is 5.02. The fourth-order valence-electron chi connectivity index (χ4n) is 1.89. The molecule has 1 amide bonds. The maximum absolute atomic E-state index is 11.2. The molecule has 0 saturated heterocycles. The standard InChI is InChI=1S/C11H19N5O/c1-11(2,10(12)17)13-7-9-15-14-8-5-3-4-6-16(8)9/h13H,3-7H2,1-2H3,(H2,12,17). The summed E-state index contributed by atoms with van der Waals surface area (Å²) in [7, 11) is 0. The van der Waals surface area contributed by atoms with Gasteiger partial charge in [0.2, 0.25) is 5.91 Å². The molecular formula is C11H19N5O. The minimum atomic E-state index is -0.721. The van der Waals surface area contributed by atoms with Crippen LogP contribution in [0.15, 0.2) is 0 Å². The van der Waals surface area contributed by atoms with Gasteiger partial charge in [-0.05, 0) is 26.7 Å². The van der Waals surface area contributed by atoms with Gasteiger partial charge >= 0.3 is 0 Å². The number of nitrogens with two attached hydrogens (primary N) is 1. The first kappa shape index (κ1) is 12.0. The van der Waals surface area contributed by atoms with Gasteiger partial charge in [-0.1, -0.05) is 0 Å². The molecule has 0 bridgehead atoms. The molecule has 1 aliphatic heterocycles. The smallest absolute Gasteiger partial charge is 0.237 e. The van der Waals surface area contributed by atoms with Crippen LogP contribution in [-0.2, 0) is 24.3 Å². The van der Waals surface area contributed by atoms with Gasteiger partial charge in [0.05, 0.1) is 12.1 Å². The van der Waals surface area contributed by atoms with E-state index in [0.29, 0.717) is 6.54 Å². The molecule has 0 spiro atoms. The van der Waals surface area contributed by atoms with E-state index in [0.717, 1.165) is 31.0 Å². The average molecular weight is 237 g/mol. The van der Waals surface area contributed by atoms with Crippen LogP contribution < -0.4 is 11.1 Å². The number of rotatable bonds is 4. The lowest BCUT2D eigenvalue weighted by molar-refractivity contribution is -0.123. The van der Waals surface area contributed by atoms with Crippen LogP contribution in [0.2, 0.25) is 0 Å². The fraction of sp³-hybridized carbons (Fsp3) is 0.727. The molecule has 0 aromatic carbocycles. The number of nitrogens with one attached hydrogen (secondary N) is 1. The van der Waals surface area contributed by atoms with Crippen LogP contribution in [0.5, 0.6) is 0 Å². The van der Waals surface area contributed by atoms with Crippen molar-refractivity contribution in [3.63, 3.8) is 0 Å². The Kier molecular flexibility index (Phi) is 3.15. The molecule has 17 heavy (non-hydrogen) atoms. The van der Waals surface area contributed by atoms with Crippen LogP contribution in [0.25, 0.3) is 0 Å². The minimum Gasteiger partial charge on any atom is -0.368 e. The quantitative estimate of drug-likeness (QED) is 0.770. The fourth-order valence-corrected chi connectivity index (χ4v) is 1.89. The van der Waals surface area contributed by atoms with E-state index >= 15 is 0 Å². The molecule has 0 aliphatic carbocycles. The number of aromatic nitrogens is 3. The summed E-state index contributed by atoms with van der Waals surface area (Å²) < 4.78 is 2.13. The zero-order chi connectivity index (χ0) is 12.5. The zero-order valence-corrected chi connectivity index (χ0v) is 10.4. The van der Waals surface area contributed by atoms with Crippen molar-refractivity contribution >= 4 is 5.91 Å². The molecule has 0 radical (unpaired) electrons. The van der Waals surface area contributed by atoms with E-state index in [1.54, 1.807) is 13.8 Å². The van der Waals surface area contributed by atoms with Crippen LogP contribution >= 0.6 is 0 Å². The third-order valence-electron chi connectivity index (χ3n) is 3.24. The molecule has 1 aromatic rings. The number of carbonyl (C=O) groups is 1. The summed E-state index contributed by atoms with van der Waals surface area (Å²) in [6, 6.07) is 0. The van der Waals surface area contributed by atoms with Crippen LogP contribution in [0, 0.1) is 0 Å². The normalized spacial score (nSPS) is 15.6. The van der Waals surface area contributed by atoms with Crippen molar-refractivity contribution in [2.45, 2.75) is 51.7 Å². The third-order valence-corrected chi connectivity index (χ3v) is 3.24. The summed E-state index contributed by atoms with van der Waals surface area (Å²) in [5.74, 6) is 1.56. The number of amides is 1. The molecule has 2 heterocycles. The Bertz CT molecular complexity index is 423.